The van der Waals surface area contributed by atoms with Gasteiger partial charge in [0.25, 0.3) is 0 Å². The Bertz CT molecular complexity index is 449. The molecule has 23 heavy (non-hydrogen) atoms. The molecule has 2 atom stereocenters. The molecule has 0 aromatic heterocycles. The summed E-state index contributed by atoms with van der Waals surface area (Å²) >= 11 is 0. The molecule has 0 spiro atoms. The molecule has 0 saturated carbocycles. The maximum atomic E-state index is 9.52. The maximum Gasteiger partial charge on any atom is 0.0634 e. The van der Waals surface area contributed by atoms with Crippen molar-refractivity contribution in [2.24, 2.45) is 11.1 Å². The van der Waals surface area contributed by atoms with Crippen molar-refractivity contribution in [3.8, 4) is 0 Å². The predicted octanol–water partition coefficient (Wildman–Crippen LogP) is 3.68. The van der Waals surface area contributed by atoms with E-state index in [4.69, 9.17) is 0 Å². The SMILES string of the molecule is CCCCC[C@@H](CN(C)C)/C(C[C@H](NO)c1ccccc1)=N/O. The van der Waals surface area contributed by atoms with Gasteiger partial charge in [-0.2, -0.15) is 5.48 Å². The fraction of sp³-hybridized carbons (Fsp3) is 0.611. The lowest BCUT2D eigenvalue weighted by atomic mass is 9.90. The van der Waals surface area contributed by atoms with Crippen LogP contribution >= 0.6 is 0 Å². The third kappa shape index (κ3) is 7.12. The third-order valence-corrected chi connectivity index (χ3v) is 4.11. The van der Waals surface area contributed by atoms with Gasteiger partial charge < -0.3 is 15.3 Å². The molecule has 130 valence electrons. The summed E-state index contributed by atoms with van der Waals surface area (Å²) in [6.07, 6.45) is 4.96. The van der Waals surface area contributed by atoms with Crippen LogP contribution in [0.15, 0.2) is 35.5 Å². The van der Waals surface area contributed by atoms with Gasteiger partial charge in [-0.1, -0.05) is 61.7 Å². The molecule has 3 N–H and O–H groups in total. The normalized spacial score (nSPS) is 14.9. The standard InChI is InChI=1S/C18H31N3O2/c1-4-5-7-12-16(14-21(2)3)18(20-23)13-17(19-22)15-10-8-6-9-11-15/h6,8-11,16-17,19,22-23H,4-5,7,12-14H2,1-3H3/b20-18+/t16-,17-/m0/s1. The van der Waals surface area contributed by atoms with Crippen molar-refractivity contribution in [2.75, 3.05) is 20.6 Å². The first-order valence-electron chi connectivity index (χ1n) is 8.42. The second kappa shape index (κ2) is 11.2. The smallest absolute Gasteiger partial charge is 0.0634 e. The molecule has 0 unspecified atom stereocenters. The van der Waals surface area contributed by atoms with Crippen molar-refractivity contribution in [3.05, 3.63) is 35.9 Å². The van der Waals surface area contributed by atoms with E-state index in [1.165, 1.54) is 12.8 Å². The van der Waals surface area contributed by atoms with Crippen LogP contribution in [0.5, 0.6) is 0 Å². The molecule has 0 heterocycles. The molecule has 0 fully saturated rings. The maximum absolute atomic E-state index is 9.52. The minimum atomic E-state index is -0.266. The fourth-order valence-corrected chi connectivity index (χ4v) is 2.87. The fourth-order valence-electron chi connectivity index (χ4n) is 2.87. The number of hydrogen-bond acceptors (Lipinski definition) is 5. The zero-order valence-corrected chi connectivity index (χ0v) is 14.6. The van der Waals surface area contributed by atoms with E-state index in [0.29, 0.717) is 6.42 Å². The Morgan fingerprint density at radius 1 is 1.22 bits per heavy atom. The number of oxime groups is 1. The van der Waals surface area contributed by atoms with Crippen molar-refractivity contribution >= 4 is 5.71 Å². The van der Waals surface area contributed by atoms with E-state index < -0.39 is 0 Å². The Morgan fingerprint density at radius 2 is 1.91 bits per heavy atom. The largest absolute Gasteiger partial charge is 0.411 e. The van der Waals surface area contributed by atoms with E-state index in [-0.39, 0.29) is 12.0 Å². The monoisotopic (exact) mass is 321 g/mol. The topological polar surface area (TPSA) is 68.1 Å². The molecule has 0 aliphatic carbocycles. The zero-order valence-electron chi connectivity index (χ0n) is 14.6. The summed E-state index contributed by atoms with van der Waals surface area (Å²) in [5.74, 6) is 0.195. The van der Waals surface area contributed by atoms with Crippen molar-refractivity contribution in [2.45, 2.75) is 45.1 Å². The minimum absolute atomic E-state index is 0.195. The molecular formula is C18H31N3O2. The van der Waals surface area contributed by atoms with Crippen molar-refractivity contribution < 1.29 is 10.4 Å². The van der Waals surface area contributed by atoms with Crippen LogP contribution in [0, 0.1) is 5.92 Å². The predicted molar refractivity (Wildman–Crippen MR) is 94.1 cm³/mol. The first kappa shape index (κ1) is 19.6. The van der Waals surface area contributed by atoms with Crippen LogP contribution in [0.3, 0.4) is 0 Å². The summed E-state index contributed by atoms with van der Waals surface area (Å²) in [7, 11) is 4.06. The van der Waals surface area contributed by atoms with E-state index in [9.17, 15) is 10.4 Å². The number of benzene rings is 1. The molecular weight excluding hydrogens is 290 g/mol. The molecule has 0 bridgehead atoms. The van der Waals surface area contributed by atoms with Crippen LogP contribution < -0.4 is 5.48 Å². The number of rotatable bonds is 11. The Morgan fingerprint density at radius 3 is 2.43 bits per heavy atom. The van der Waals surface area contributed by atoms with E-state index in [2.05, 4.69) is 22.5 Å². The van der Waals surface area contributed by atoms with Crippen LogP contribution in [-0.4, -0.2) is 41.7 Å². The Hall–Kier alpha value is -1.43. The van der Waals surface area contributed by atoms with Gasteiger partial charge in [0.2, 0.25) is 0 Å². The Kier molecular flexibility index (Phi) is 9.52. The van der Waals surface area contributed by atoms with E-state index in [1.54, 1.807) is 0 Å². The first-order chi connectivity index (χ1) is 11.1. The first-order valence-corrected chi connectivity index (χ1v) is 8.42. The van der Waals surface area contributed by atoms with Gasteiger partial charge >= 0.3 is 0 Å². The molecule has 1 aromatic rings. The third-order valence-electron chi connectivity index (χ3n) is 4.11. The summed E-state index contributed by atoms with van der Waals surface area (Å²) < 4.78 is 0. The van der Waals surface area contributed by atoms with Gasteiger partial charge in [0, 0.05) is 18.9 Å². The lowest BCUT2D eigenvalue weighted by Gasteiger charge is -2.24. The summed E-state index contributed by atoms with van der Waals surface area (Å²) in [5, 5.41) is 22.6. The summed E-state index contributed by atoms with van der Waals surface area (Å²) in [5.41, 5.74) is 4.07. The quantitative estimate of drug-likeness (QED) is 0.252. The zero-order chi connectivity index (χ0) is 17.1. The van der Waals surface area contributed by atoms with Crippen LogP contribution in [0.25, 0.3) is 0 Å². The molecule has 0 aliphatic heterocycles. The molecule has 0 aliphatic rings. The van der Waals surface area contributed by atoms with Gasteiger partial charge in [-0.25, -0.2) is 0 Å². The Balaban J connectivity index is 2.80. The number of hydroxylamine groups is 1. The molecule has 1 aromatic carbocycles. The number of unbranched alkanes of at least 4 members (excludes halogenated alkanes) is 2. The molecule has 1 rings (SSSR count). The summed E-state index contributed by atoms with van der Waals surface area (Å²) in [6, 6.07) is 9.47. The second-order valence-corrected chi connectivity index (χ2v) is 6.34. The van der Waals surface area contributed by atoms with Gasteiger partial charge in [-0.3, -0.25) is 0 Å². The highest BCUT2D eigenvalue weighted by Crippen LogP contribution is 2.22. The number of hydrogen-bond donors (Lipinski definition) is 3. The second-order valence-electron chi connectivity index (χ2n) is 6.34. The molecule has 0 saturated heterocycles. The average Bonchev–Trinajstić information content (AvgIpc) is 2.56. The molecule has 0 amide bonds. The van der Waals surface area contributed by atoms with Crippen LogP contribution in [0.4, 0.5) is 0 Å². The van der Waals surface area contributed by atoms with Crippen molar-refractivity contribution in [3.63, 3.8) is 0 Å². The average molecular weight is 321 g/mol. The summed E-state index contributed by atoms with van der Waals surface area (Å²) in [4.78, 5) is 2.12. The van der Waals surface area contributed by atoms with Crippen LogP contribution in [-0.2, 0) is 0 Å². The van der Waals surface area contributed by atoms with E-state index in [0.717, 1.165) is 30.7 Å². The highest BCUT2D eigenvalue weighted by molar-refractivity contribution is 5.87. The number of nitrogens with zero attached hydrogens (tertiary/aromatic N) is 2. The highest BCUT2D eigenvalue weighted by Gasteiger charge is 2.22. The van der Waals surface area contributed by atoms with Gasteiger partial charge in [0.1, 0.15) is 0 Å². The van der Waals surface area contributed by atoms with Gasteiger partial charge in [0.15, 0.2) is 0 Å². The lowest BCUT2D eigenvalue weighted by Crippen LogP contribution is -2.31. The van der Waals surface area contributed by atoms with Gasteiger partial charge in [-0.15, -0.1) is 0 Å². The molecule has 0 radical (unpaired) electrons. The Labute approximate surface area is 140 Å². The van der Waals surface area contributed by atoms with E-state index >= 15 is 0 Å². The highest BCUT2D eigenvalue weighted by atomic mass is 16.5. The van der Waals surface area contributed by atoms with Gasteiger partial charge in [-0.05, 0) is 26.1 Å². The number of nitrogens with one attached hydrogen (secondary N) is 1. The molecule has 5 nitrogen and oxygen atoms in total. The molecule has 5 heteroatoms. The van der Waals surface area contributed by atoms with Crippen molar-refractivity contribution in [1.29, 1.82) is 0 Å². The van der Waals surface area contributed by atoms with Crippen molar-refractivity contribution in [1.82, 2.24) is 10.4 Å². The minimum Gasteiger partial charge on any atom is -0.411 e. The van der Waals surface area contributed by atoms with Gasteiger partial charge in [0.05, 0.1) is 11.8 Å². The van der Waals surface area contributed by atoms with Crippen LogP contribution in [0.2, 0.25) is 0 Å². The lowest BCUT2D eigenvalue weighted by molar-refractivity contribution is 0.127. The summed E-state index contributed by atoms with van der Waals surface area (Å²) in [6.45, 7) is 3.03. The van der Waals surface area contributed by atoms with Crippen LogP contribution in [0.1, 0.15) is 50.6 Å². The van der Waals surface area contributed by atoms with E-state index in [1.807, 2.05) is 44.4 Å².